The molecule has 1 aliphatic rings. The van der Waals surface area contributed by atoms with E-state index < -0.39 is 6.10 Å². The summed E-state index contributed by atoms with van der Waals surface area (Å²) >= 11 is 0. The molecule has 5 rings (SSSR count). The van der Waals surface area contributed by atoms with Crippen molar-refractivity contribution in [2.45, 2.75) is 31.8 Å². The van der Waals surface area contributed by atoms with Gasteiger partial charge in [-0.15, -0.1) is 0 Å². The summed E-state index contributed by atoms with van der Waals surface area (Å²) in [6.07, 6.45) is 9.58. The highest BCUT2D eigenvalue weighted by atomic mass is 16.3. The van der Waals surface area contributed by atoms with Gasteiger partial charge in [0.25, 0.3) is 0 Å². The Balaban J connectivity index is 1.51. The van der Waals surface area contributed by atoms with Crippen LogP contribution in [0.2, 0.25) is 0 Å². The van der Waals surface area contributed by atoms with Crippen molar-refractivity contribution in [3.8, 4) is 17.1 Å². The second-order valence-corrected chi connectivity index (χ2v) is 7.24. The number of aliphatic hydroxyl groups is 1. The van der Waals surface area contributed by atoms with E-state index >= 15 is 0 Å². The van der Waals surface area contributed by atoms with Gasteiger partial charge in [-0.1, -0.05) is 25.0 Å². The van der Waals surface area contributed by atoms with Crippen molar-refractivity contribution >= 4 is 11.0 Å². The minimum atomic E-state index is -0.414. The van der Waals surface area contributed by atoms with Gasteiger partial charge >= 0.3 is 0 Å². The molecule has 136 valence electrons. The maximum atomic E-state index is 10.7. The molecule has 6 heteroatoms. The quantitative estimate of drug-likeness (QED) is 0.576. The van der Waals surface area contributed by atoms with Gasteiger partial charge in [-0.25, -0.2) is 9.97 Å². The summed E-state index contributed by atoms with van der Waals surface area (Å²) in [5.74, 6) is 1.10. The molecule has 1 atom stereocenters. The van der Waals surface area contributed by atoms with Crippen molar-refractivity contribution in [2.75, 3.05) is 0 Å². The van der Waals surface area contributed by atoms with Crippen LogP contribution < -0.4 is 0 Å². The van der Waals surface area contributed by atoms with Gasteiger partial charge in [0.15, 0.2) is 5.82 Å². The SMILES string of the molecule is OC(c1cnc2c(ccn2-c2cccc(-c3ncn[nH]3)c2)c1)C1CCCC1. The average Bonchev–Trinajstić information content (AvgIpc) is 3.48. The van der Waals surface area contributed by atoms with Crippen LogP contribution in [-0.2, 0) is 0 Å². The normalized spacial score (nSPS) is 16.2. The third kappa shape index (κ3) is 2.92. The zero-order valence-corrected chi connectivity index (χ0v) is 14.9. The van der Waals surface area contributed by atoms with Crippen LogP contribution >= 0.6 is 0 Å². The van der Waals surface area contributed by atoms with E-state index in [-0.39, 0.29) is 0 Å². The predicted molar refractivity (Wildman–Crippen MR) is 103 cm³/mol. The number of benzene rings is 1. The molecule has 0 saturated heterocycles. The molecule has 0 amide bonds. The first-order valence-corrected chi connectivity index (χ1v) is 9.41. The highest BCUT2D eigenvalue weighted by molar-refractivity contribution is 5.79. The van der Waals surface area contributed by atoms with Crippen LogP contribution in [0.5, 0.6) is 0 Å². The topological polar surface area (TPSA) is 79.6 Å². The maximum Gasteiger partial charge on any atom is 0.155 e. The first kappa shape index (κ1) is 16.2. The van der Waals surface area contributed by atoms with Crippen molar-refractivity contribution in [2.24, 2.45) is 5.92 Å². The van der Waals surface area contributed by atoms with Gasteiger partial charge in [-0.2, -0.15) is 5.10 Å². The lowest BCUT2D eigenvalue weighted by Gasteiger charge is -2.17. The number of pyridine rings is 1. The van der Waals surface area contributed by atoms with Gasteiger partial charge in [0, 0.05) is 29.0 Å². The van der Waals surface area contributed by atoms with E-state index in [9.17, 15) is 5.11 Å². The van der Waals surface area contributed by atoms with Gasteiger partial charge in [0.2, 0.25) is 0 Å². The van der Waals surface area contributed by atoms with E-state index in [1.54, 1.807) is 0 Å². The monoisotopic (exact) mass is 359 g/mol. The Kier molecular flexibility index (Phi) is 3.98. The number of hydrogen-bond donors (Lipinski definition) is 2. The van der Waals surface area contributed by atoms with Crippen molar-refractivity contribution in [1.29, 1.82) is 0 Å². The number of hydrogen-bond acceptors (Lipinski definition) is 4. The Bertz CT molecular complexity index is 1060. The molecule has 6 nitrogen and oxygen atoms in total. The lowest BCUT2D eigenvalue weighted by Crippen LogP contribution is -2.09. The fourth-order valence-electron chi connectivity index (χ4n) is 4.10. The van der Waals surface area contributed by atoms with Crippen LogP contribution in [0.25, 0.3) is 28.1 Å². The molecule has 1 saturated carbocycles. The largest absolute Gasteiger partial charge is 0.388 e. The number of nitrogens with one attached hydrogen (secondary N) is 1. The fraction of sp³-hybridized carbons (Fsp3) is 0.286. The van der Waals surface area contributed by atoms with Crippen molar-refractivity contribution in [3.63, 3.8) is 0 Å². The smallest absolute Gasteiger partial charge is 0.155 e. The first-order chi connectivity index (χ1) is 13.3. The molecule has 1 aromatic carbocycles. The zero-order valence-electron chi connectivity index (χ0n) is 14.9. The van der Waals surface area contributed by atoms with Crippen LogP contribution in [0.1, 0.15) is 37.4 Å². The molecular formula is C21H21N5O. The van der Waals surface area contributed by atoms with Gasteiger partial charge in [-0.3, -0.25) is 5.10 Å². The minimum Gasteiger partial charge on any atom is -0.388 e. The molecule has 27 heavy (non-hydrogen) atoms. The summed E-state index contributed by atoms with van der Waals surface area (Å²) in [7, 11) is 0. The third-order valence-electron chi connectivity index (χ3n) is 5.55. The Morgan fingerprint density at radius 2 is 2.00 bits per heavy atom. The van der Waals surface area contributed by atoms with Crippen LogP contribution in [-0.4, -0.2) is 29.8 Å². The fourth-order valence-corrected chi connectivity index (χ4v) is 4.10. The molecule has 3 aromatic heterocycles. The molecule has 0 spiro atoms. The highest BCUT2D eigenvalue weighted by Crippen LogP contribution is 2.36. The molecular weight excluding hydrogens is 338 g/mol. The Hall–Kier alpha value is -2.99. The van der Waals surface area contributed by atoms with E-state index in [0.717, 1.165) is 46.5 Å². The molecule has 4 aromatic rings. The number of nitrogens with zero attached hydrogens (tertiary/aromatic N) is 4. The van der Waals surface area contributed by atoms with E-state index in [2.05, 4.69) is 36.9 Å². The molecule has 2 N–H and O–H groups in total. The Labute approximate surface area is 156 Å². The Morgan fingerprint density at radius 3 is 2.81 bits per heavy atom. The van der Waals surface area contributed by atoms with Crippen molar-refractivity contribution in [3.05, 3.63) is 60.7 Å². The van der Waals surface area contributed by atoms with Crippen LogP contribution in [0.15, 0.2) is 55.1 Å². The summed E-state index contributed by atoms with van der Waals surface area (Å²) < 4.78 is 2.06. The van der Waals surface area contributed by atoms with Crippen LogP contribution in [0, 0.1) is 5.92 Å². The van der Waals surface area contributed by atoms with Crippen LogP contribution in [0.3, 0.4) is 0 Å². The van der Waals surface area contributed by atoms with E-state index in [1.165, 1.54) is 19.2 Å². The standard InChI is InChI=1S/C21H21N5O/c27-19(14-4-1-2-5-14)17-10-16-8-9-26(21(16)22-12-17)18-7-3-6-15(11-18)20-23-13-24-25-20/h3,6-14,19,27H,1-2,4-5H2,(H,23,24,25). The molecule has 3 heterocycles. The highest BCUT2D eigenvalue weighted by Gasteiger charge is 2.25. The number of H-pyrrole nitrogens is 1. The zero-order chi connectivity index (χ0) is 18.2. The maximum absolute atomic E-state index is 10.7. The summed E-state index contributed by atoms with van der Waals surface area (Å²) in [5, 5.41) is 18.5. The van der Waals surface area contributed by atoms with E-state index in [4.69, 9.17) is 0 Å². The minimum absolute atomic E-state index is 0.366. The van der Waals surface area contributed by atoms with Gasteiger partial charge in [0.05, 0.1) is 6.10 Å². The summed E-state index contributed by atoms with van der Waals surface area (Å²) in [4.78, 5) is 8.89. The van der Waals surface area contributed by atoms with Gasteiger partial charge < -0.3 is 9.67 Å². The van der Waals surface area contributed by atoms with Gasteiger partial charge in [-0.05, 0) is 48.6 Å². The van der Waals surface area contributed by atoms with E-state index in [1.807, 2.05) is 36.7 Å². The number of fused-ring (bicyclic) bond motifs is 1. The summed E-state index contributed by atoms with van der Waals surface area (Å²) in [6, 6.07) is 12.2. The molecule has 0 radical (unpaired) electrons. The van der Waals surface area contributed by atoms with Gasteiger partial charge in [0.1, 0.15) is 12.0 Å². The average molecular weight is 359 g/mol. The summed E-state index contributed by atoms with van der Waals surface area (Å²) in [5.41, 5.74) is 3.78. The second-order valence-electron chi connectivity index (χ2n) is 7.24. The van der Waals surface area contributed by atoms with Crippen LogP contribution in [0.4, 0.5) is 0 Å². The number of aromatic nitrogens is 5. The molecule has 1 fully saturated rings. The molecule has 1 aliphatic carbocycles. The number of aliphatic hydroxyl groups excluding tert-OH is 1. The predicted octanol–water partition coefficient (Wildman–Crippen LogP) is 4.03. The third-order valence-corrected chi connectivity index (χ3v) is 5.55. The Morgan fingerprint density at radius 1 is 1.11 bits per heavy atom. The lowest BCUT2D eigenvalue weighted by atomic mass is 9.95. The molecule has 0 bridgehead atoms. The van der Waals surface area contributed by atoms with Crippen molar-refractivity contribution < 1.29 is 5.11 Å². The lowest BCUT2D eigenvalue weighted by molar-refractivity contribution is 0.111. The number of aromatic amines is 1. The molecule has 1 unspecified atom stereocenters. The molecule has 0 aliphatic heterocycles. The first-order valence-electron chi connectivity index (χ1n) is 9.41. The summed E-state index contributed by atoms with van der Waals surface area (Å²) in [6.45, 7) is 0. The number of rotatable bonds is 4. The van der Waals surface area contributed by atoms with E-state index in [0.29, 0.717) is 5.92 Å². The second kappa shape index (κ2) is 6.63. The van der Waals surface area contributed by atoms with Crippen molar-refractivity contribution in [1.82, 2.24) is 24.7 Å².